The van der Waals surface area contributed by atoms with Gasteiger partial charge in [-0.25, -0.2) is 0 Å². The third-order valence-electron chi connectivity index (χ3n) is 4.81. The van der Waals surface area contributed by atoms with Crippen LogP contribution in [0.4, 0.5) is 0 Å². The summed E-state index contributed by atoms with van der Waals surface area (Å²) in [5.41, 5.74) is 0.259. The molecule has 1 aliphatic carbocycles. The van der Waals surface area contributed by atoms with E-state index in [4.69, 9.17) is 21.1 Å². The van der Waals surface area contributed by atoms with Crippen LogP contribution in [0.3, 0.4) is 0 Å². The van der Waals surface area contributed by atoms with Gasteiger partial charge in [-0.05, 0) is 50.9 Å². The van der Waals surface area contributed by atoms with Gasteiger partial charge >= 0.3 is 0 Å². The molecule has 3 fully saturated rings. The van der Waals surface area contributed by atoms with Crippen LogP contribution in [0.25, 0.3) is 0 Å². The van der Waals surface area contributed by atoms with Gasteiger partial charge in [0.15, 0.2) is 0 Å². The number of rotatable bonds is 5. The van der Waals surface area contributed by atoms with Gasteiger partial charge in [0.1, 0.15) is 0 Å². The highest BCUT2D eigenvalue weighted by atomic mass is 35.5. The average Bonchev–Trinajstić information content (AvgIpc) is 2.92. The first kappa shape index (κ1) is 12.3. The van der Waals surface area contributed by atoms with E-state index >= 15 is 0 Å². The largest absolute Gasteiger partial charge is 0.378 e. The van der Waals surface area contributed by atoms with Crippen molar-refractivity contribution >= 4 is 11.6 Å². The Hall–Kier alpha value is 0.210. The molecule has 0 spiro atoms. The Morgan fingerprint density at radius 3 is 2.65 bits per heavy atom. The number of ether oxygens (including phenoxy) is 2. The number of hydrogen-bond donors (Lipinski definition) is 0. The van der Waals surface area contributed by atoms with Crippen LogP contribution < -0.4 is 0 Å². The Morgan fingerprint density at radius 1 is 1.12 bits per heavy atom. The van der Waals surface area contributed by atoms with Crippen molar-refractivity contribution in [1.29, 1.82) is 0 Å². The van der Waals surface area contributed by atoms with Gasteiger partial charge in [0.2, 0.25) is 0 Å². The molecule has 3 unspecified atom stereocenters. The maximum atomic E-state index is 6.30. The molecule has 3 aliphatic rings. The first-order valence-electron chi connectivity index (χ1n) is 7.13. The summed E-state index contributed by atoms with van der Waals surface area (Å²) in [4.78, 5) is 0. The highest BCUT2D eigenvalue weighted by Crippen LogP contribution is 2.51. The van der Waals surface area contributed by atoms with Crippen LogP contribution in [-0.2, 0) is 9.47 Å². The number of hydrogen-bond acceptors (Lipinski definition) is 2. The smallest absolute Gasteiger partial charge is 0.0671 e. The average molecular weight is 259 g/mol. The second-order valence-corrected chi connectivity index (χ2v) is 6.32. The van der Waals surface area contributed by atoms with Crippen molar-refractivity contribution in [1.82, 2.24) is 0 Å². The van der Waals surface area contributed by atoms with Crippen LogP contribution in [0.1, 0.15) is 44.9 Å². The van der Waals surface area contributed by atoms with E-state index in [1.807, 2.05) is 0 Å². The second kappa shape index (κ2) is 5.07. The maximum Gasteiger partial charge on any atom is 0.0671 e. The zero-order valence-corrected chi connectivity index (χ0v) is 11.3. The molecule has 17 heavy (non-hydrogen) atoms. The van der Waals surface area contributed by atoms with E-state index in [1.54, 1.807) is 0 Å². The van der Waals surface area contributed by atoms with E-state index in [1.165, 1.54) is 38.5 Å². The quantitative estimate of drug-likeness (QED) is 0.704. The second-order valence-electron chi connectivity index (χ2n) is 6.05. The van der Waals surface area contributed by atoms with Crippen molar-refractivity contribution in [2.45, 2.75) is 57.2 Å². The summed E-state index contributed by atoms with van der Waals surface area (Å²) in [5.74, 6) is 1.57. The SMILES string of the molecule is ClCC1(CCC2CCCO2)CCOC1C1CC1. The first-order chi connectivity index (χ1) is 8.34. The minimum absolute atomic E-state index is 0.259. The van der Waals surface area contributed by atoms with Crippen molar-refractivity contribution in [3.8, 4) is 0 Å². The van der Waals surface area contributed by atoms with Crippen LogP contribution in [0.15, 0.2) is 0 Å². The van der Waals surface area contributed by atoms with Crippen molar-refractivity contribution in [2.75, 3.05) is 19.1 Å². The fourth-order valence-corrected chi connectivity index (χ4v) is 3.96. The third kappa shape index (κ3) is 2.50. The van der Waals surface area contributed by atoms with Crippen molar-refractivity contribution in [2.24, 2.45) is 11.3 Å². The van der Waals surface area contributed by atoms with Gasteiger partial charge < -0.3 is 9.47 Å². The lowest BCUT2D eigenvalue weighted by Crippen LogP contribution is -2.35. The fourth-order valence-electron chi connectivity index (χ4n) is 3.54. The molecule has 0 aromatic rings. The Bertz CT molecular complexity index is 261. The monoisotopic (exact) mass is 258 g/mol. The lowest BCUT2D eigenvalue weighted by Gasteiger charge is -2.33. The van der Waals surface area contributed by atoms with Gasteiger partial charge in [-0.1, -0.05) is 0 Å². The van der Waals surface area contributed by atoms with E-state index in [9.17, 15) is 0 Å². The van der Waals surface area contributed by atoms with Crippen LogP contribution in [0, 0.1) is 11.3 Å². The van der Waals surface area contributed by atoms with Gasteiger partial charge in [-0.15, -0.1) is 11.6 Å². The molecule has 1 saturated carbocycles. The summed E-state index contributed by atoms with van der Waals surface area (Å²) in [6, 6.07) is 0. The molecular weight excluding hydrogens is 236 g/mol. The third-order valence-corrected chi connectivity index (χ3v) is 5.34. The summed E-state index contributed by atoms with van der Waals surface area (Å²) in [6.07, 6.45) is 9.66. The van der Waals surface area contributed by atoms with E-state index in [0.717, 1.165) is 31.4 Å². The standard InChI is InChI=1S/C14H23ClO2/c15-10-14(6-5-12-2-1-8-16-12)7-9-17-13(14)11-3-4-11/h11-13H,1-10H2. The minimum Gasteiger partial charge on any atom is -0.378 e. The Morgan fingerprint density at radius 2 is 2.00 bits per heavy atom. The van der Waals surface area contributed by atoms with Crippen molar-refractivity contribution in [3.05, 3.63) is 0 Å². The van der Waals surface area contributed by atoms with Crippen LogP contribution in [0.5, 0.6) is 0 Å². The van der Waals surface area contributed by atoms with Crippen LogP contribution in [0.2, 0.25) is 0 Å². The predicted octanol–water partition coefficient (Wildman–Crippen LogP) is 3.37. The first-order valence-corrected chi connectivity index (χ1v) is 7.67. The summed E-state index contributed by atoms with van der Waals surface area (Å²) in [6.45, 7) is 1.88. The Kier molecular flexibility index (Phi) is 3.65. The molecular formula is C14H23ClO2. The normalized spacial score (nSPS) is 42.2. The van der Waals surface area contributed by atoms with Crippen molar-refractivity contribution < 1.29 is 9.47 Å². The van der Waals surface area contributed by atoms with Crippen molar-refractivity contribution in [3.63, 3.8) is 0 Å². The molecule has 0 aromatic heterocycles. The summed E-state index contributed by atoms with van der Waals surface area (Å²) in [7, 11) is 0. The molecule has 0 bridgehead atoms. The number of alkyl halides is 1. The maximum absolute atomic E-state index is 6.30. The lowest BCUT2D eigenvalue weighted by atomic mass is 9.76. The minimum atomic E-state index is 0.259. The molecule has 2 aliphatic heterocycles. The van der Waals surface area contributed by atoms with E-state index < -0.39 is 0 Å². The Labute approximate surface area is 109 Å². The Balaban J connectivity index is 1.59. The summed E-state index contributed by atoms with van der Waals surface area (Å²) in [5, 5.41) is 0. The molecule has 0 radical (unpaired) electrons. The van der Waals surface area contributed by atoms with Gasteiger partial charge in [0.05, 0.1) is 12.2 Å². The van der Waals surface area contributed by atoms with Crippen LogP contribution in [-0.4, -0.2) is 31.3 Å². The van der Waals surface area contributed by atoms with Gasteiger partial charge in [0.25, 0.3) is 0 Å². The predicted molar refractivity (Wildman–Crippen MR) is 68.4 cm³/mol. The highest BCUT2D eigenvalue weighted by molar-refractivity contribution is 6.18. The summed E-state index contributed by atoms with van der Waals surface area (Å²) < 4.78 is 11.7. The fraction of sp³-hybridized carbons (Fsp3) is 1.00. The molecule has 3 rings (SSSR count). The van der Waals surface area contributed by atoms with E-state index in [-0.39, 0.29) is 5.41 Å². The summed E-state index contributed by atoms with van der Waals surface area (Å²) >= 11 is 6.30. The van der Waals surface area contributed by atoms with Gasteiger partial charge in [-0.3, -0.25) is 0 Å². The lowest BCUT2D eigenvalue weighted by molar-refractivity contribution is 0.0253. The topological polar surface area (TPSA) is 18.5 Å². The molecule has 2 heterocycles. The van der Waals surface area contributed by atoms with E-state index in [0.29, 0.717) is 12.2 Å². The highest BCUT2D eigenvalue weighted by Gasteiger charge is 2.50. The van der Waals surface area contributed by atoms with Gasteiger partial charge in [-0.2, -0.15) is 0 Å². The molecule has 2 nitrogen and oxygen atoms in total. The molecule has 3 heteroatoms. The zero-order valence-electron chi connectivity index (χ0n) is 10.5. The van der Waals surface area contributed by atoms with Gasteiger partial charge in [0, 0.05) is 24.5 Å². The van der Waals surface area contributed by atoms with Crippen LogP contribution >= 0.6 is 11.6 Å². The molecule has 2 saturated heterocycles. The molecule has 0 amide bonds. The number of halogens is 1. The molecule has 3 atom stereocenters. The molecule has 98 valence electrons. The molecule has 0 aromatic carbocycles. The zero-order chi connectivity index (χ0) is 11.7. The molecule has 0 N–H and O–H groups in total. The van der Waals surface area contributed by atoms with E-state index in [2.05, 4.69) is 0 Å².